The van der Waals surface area contributed by atoms with Crippen LogP contribution in [0.1, 0.15) is 52.6 Å². The molecule has 0 aliphatic heterocycles. The molecule has 0 fully saturated rings. The van der Waals surface area contributed by atoms with Gasteiger partial charge in [0.15, 0.2) is 0 Å². The SMILES string of the molecule is CC(C)(C)NC(=O)c1cccc(CCl)c1.O=C(Cl)c1cccc(CCl)c1. The summed E-state index contributed by atoms with van der Waals surface area (Å²) in [4.78, 5) is 22.4. The molecule has 0 saturated heterocycles. The van der Waals surface area contributed by atoms with Crippen molar-refractivity contribution in [3.63, 3.8) is 0 Å². The first-order chi connectivity index (χ1) is 12.2. The molecule has 0 radical (unpaired) electrons. The van der Waals surface area contributed by atoms with Crippen LogP contribution in [0, 0.1) is 0 Å². The first kappa shape index (κ1) is 22.5. The predicted molar refractivity (Wildman–Crippen MR) is 109 cm³/mol. The van der Waals surface area contributed by atoms with Gasteiger partial charge in [0, 0.05) is 28.4 Å². The van der Waals surface area contributed by atoms with Crippen LogP contribution >= 0.6 is 34.8 Å². The van der Waals surface area contributed by atoms with E-state index in [2.05, 4.69) is 5.32 Å². The molecule has 0 aliphatic carbocycles. The van der Waals surface area contributed by atoms with Gasteiger partial charge in [-0.15, -0.1) is 23.2 Å². The average molecular weight is 415 g/mol. The van der Waals surface area contributed by atoms with Gasteiger partial charge >= 0.3 is 0 Å². The van der Waals surface area contributed by atoms with Gasteiger partial charge in [0.25, 0.3) is 11.1 Å². The monoisotopic (exact) mass is 413 g/mol. The molecule has 26 heavy (non-hydrogen) atoms. The van der Waals surface area contributed by atoms with Crippen molar-refractivity contribution in [2.75, 3.05) is 0 Å². The summed E-state index contributed by atoms with van der Waals surface area (Å²) in [6, 6.07) is 14.3. The molecular weight excluding hydrogens is 393 g/mol. The third-order valence-corrected chi connectivity index (χ3v) is 3.98. The molecule has 0 aromatic heterocycles. The second-order valence-electron chi connectivity index (χ2n) is 6.65. The van der Waals surface area contributed by atoms with Crippen molar-refractivity contribution in [3.8, 4) is 0 Å². The molecule has 2 rings (SSSR count). The summed E-state index contributed by atoms with van der Waals surface area (Å²) in [7, 11) is 0. The minimum Gasteiger partial charge on any atom is -0.347 e. The van der Waals surface area contributed by atoms with Crippen LogP contribution in [-0.2, 0) is 11.8 Å². The maximum absolute atomic E-state index is 11.8. The second kappa shape index (κ2) is 10.6. The fourth-order valence-corrected chi connectivity index (χ4v) is 2.44. The summed E-state index contributed by atoms with van der Waals surface area (Å²) in [5.74, 6) is 0.767. The van der Waals surface area contributed by atoms with E-state index in [9.17, 15) is 9.59 Å². The third-order valence-electron chi connectivity index (χ3n) is 3.14. The fraction of sp³-hybridized carbons (Fsp3) is 0.300. The van der Waals surface area contributed by atoms with E-state index in [1.807, 2.05) is 45.0 Å². The number of halogens is 3. The highest BCUT2D eigenvalue weighted by molar-refractivity contribution is 6.67. The summed E-state index contributed by atoms with van der Waals surface area (Å²) in [6.07, 6.45) is 0. The Morgan fingerprint density at radius 2 is 1.35 bits per heavy atom. The van der Waals surface area contributed by atoms with Crippen LogP contribution in [0.15, 0.2) is 48.5 Å². The van der Waals surface area contributed by atoms with Gasteiger partial charge in [0.2, 0.25) is 0 Å². The Morgan fingerprint density at radius 1 is 0.885 bits per heavy atom. The Balaban J connectivity index is 0.000000273. The summed E-state index contributed by atoms with van der Waals surface area (Å²) in [5.41, 5.74) is 2.79. The van der Waals surface area contributed by atoms with Crippen LogP contribution in [0.2, 0.25) is 0 Å². The number of benzene rings is 2. The van der Waals surface area contributed by atoms with Crippen LogP contribution in [-0.4, -0.2) is 16.7 Å². The molecule has 6 heteroatoms. The smallest absolute Gasteiger partial charge is 0.252 e. The number of carbonyl (C=O) groups is 2. The first-order valence-corrected chi connectivity index (χ1v) is 9.43. The van der Waals surface area contributed by atoms with Crippen molar-refractivity contribution in [2.45, 2.75) is 38.1 Å². The molecule has 0 bridgehead atoms. The molecule has 0 atom stereocenters. The van der Waals surface area contributed by atoms with E-state index in [0.29, 0.717) is 22.9 Å². The van der Waals surface area contributed by atoms with Gasteiger partial charge < -0.3 is 5.32 Å². The number of alkyl halides is 2. The Kier molecular flexibility index (Phi) is 9.14. The molecule has 3 nitrogen and oxygen atoms in total. The zero-order valence-corrected chi connectivity index (χ0v) is 17.3. The largest absolute Gasteiger partial charge is 0.347 e. The van der Waals surface area contributed by atoms with E-state index in [1.54, 1.807) is 24.3 Å². The van der Waals surface area contributed by atoms with Crippen LogP contribution in [0.4, 0.5) is 0 Å². The Morgan fingerprint density at radius 3 is 1.77 bits per heavy atom. The highest BCUT2D eigenvalue weighted by Gasteiger charge is 2.15. The van der Waals surface area contributed by atoms with Crippen LogP contribution in [0.3, 0.4) is 0 Å². The average Bonchev–Trinajstić information content (AvgIpc) is 2.61. The summed E-state index contributed by atoms with van der Waals surface area (Å²) < 4.78 is 0. The van der Waals surface area contributed by atoms with Crippen molar-refractivity contribution >= 4 is 46.0 Å². The number of hydrogen-bond donors (Lipinski definition) is 1. The zero-order chi connectivity index (χ0) is 19.7. The number of amides is 1. The van der Waals surface area contributed by atoms with Gasteiger partial charge in [-0.3, -0.25) is 9.59 Å². The lowest BCUT2D eigenvalue weighted by atomic mass is 10.1. The summed E-state index contributed by atoms with van der Waals surface area (Å²) in [6.45, 7) is 5.86. The molecular formula is C20H22Cl3NO2. The highest BCUT2D eigenvalue weighted by atomic mass is 35.5. The maximum Gasteiger partial charge on any atom is 0.252 e. The molecule has 0 unspecified atom stereocenters. The van der Waals surface area contributed by atoms with Crippen LogP contribution in [0.25, 0.3) is 0 Å². The molecule has 1 N–H and O–H groups in total. The van der Waals surface area contributed by atoms with Crippen molar-refractivity contribution in [1.82, 2.24) is 5.32 Å². The van der Waals surface area contributed by atoms with Crippen LogP contribution < -0.4 is 5.32 Å². The van der Waals surface area contributed by atoms with Gasteiger partial charge in [-0.2, -0.15) is 0 Å². The van der Waals surface area contributed by atoms with Crippen molar-refractivity contribution in [3.05, 3.63) is 70.8 Å². The predicted octanol–water partition coefficient (Wildman–Crippen LogP) is 5.76. The first-order valence-electron chi connectivity index (χ1n) is 7.98. The minimum atomic E-state index is -0.447. The second-order valence-corrected chi connectivity index (χ2v) is 7.52. The number of rotatable bonds is 4. The highest BCUT2D eigenvalue weighted by Crippen LogP contribution is 2.10. The Hall–Kier alpha value is -1.55. The third kappa shape index (κ3) is 8.22. The molecule has 1 amide bonds. The summed E-state index contributed by atoms with van der Waals surface area (Å²) in [5, 5.41) is 2.46. The molecule has 140 valence electrons. The van der Waals surface area contributed by atoms with Gasteiger partial charge in [0.1, 0.15) is 0 Å². The number of carbonyl (C=O) groups excluding carboxylic acids is 2. The molecule has 0 aliphatic rings. The summed E-state index contributed by atoms with van der Waals surface area (Å²) >= 11 is 16.5. The van der Waals surface area contributed by atoms with Gasteiger partial charge in [-0.25, -0.2) is 0 Å². The standard InChI is InChI=1S/C12H16ClNO.C8H6Cl2O/c1-12(2,3)14-11(15)10-6-4-5-9(7-10)8-13;9-5-6-2-1-3-7(4-6)8(10)11/h4-7H,8H2,1-3H3,(H,14,15);1-4H,5H2. The van der Waals surface area contributed by atoms with Crippen molar-refractivity contribution < 1.29 is 9.59 Å². The molecule has 2 aromatic carbocycles. The Bertz CT molecular complexity index is 755. The van der Waals surface area contributed by atoms with E-state index in [4.69, 9.17) is 34.8 Å². The minimum absolute atomic E-state index is 0.0607. The van der Waals surface area contributed by atoms with Gasteiger partial charge in [0.05, 0.1) is 0 Å². The zero-order valence-electron chi connectivity index (χ0n) is 15.0. The van der Waals surface area contributed by atoms with Crippen molar-refractivity contribution in [1.29, 1.82) is 0 Å². The fourth-order valence-electron chi connectivity index (χ4n) is 1.99. The normalized spacial score (nSPS) is 10.5. The quantitative estimate of drug-likeness (QED) is 0.511. The molecule has 0 heterocycles. The van der Waals surface area contributed by atoms with E-state index in [-0.39, 0.29) is 11.4 Å². The molecule has 0 spiro atoms. The number of nitrogens with one attached hydrogen (secondary N) is 1. The van der Waals surface area contributed by atoms with Crippen molar-refractivity contribution in [2.24, 2.45) is 0 Å². The lowest BCUT2D eigenvalue weighted by Crippen LogP contribution is -2.40. The van der Waals surface area contributed by atoms with E-state index < -0.39 is 5.24 Å². The Labute approximate surface area is 169 Å². The van der Waals surface area contributed by atoms with Crippen LogP contribution in [0.5, 0.6) is 0 Å². The van der Waals surface area contributed by atoms with Gasteiger partial charge in [-0.05, 0) is 61.7 Å². The van der Waals surface area contributed by atoms with E-state index in [0.717, 1.165) is 11.1 Å². The maximum atomic E-state index is 11.8. The molecule has 2 aromatic rings. The lowest BCUT2D eigenvalue weighted by Gasteiger charge is -2.20. The molecule has 0 saturated carbocycles. The number of hydrogen-bond acceptors (Lipinski definition) is 2. The topological polar surface area (TPSA) is 46.2 Å². The lowest BCUT2D eigenvalue weighted by molar-refractivity contribution is 0.0919. The van der Waals surface area contributed by atoms with Gasteiger partial charge in [-0.1, -0.05) is 30.3 Å². The van der Waals surface area contributed by atoms with E-state index >= 15 is 0 Å². The van der Waals surface area contributed by atoms with E-state index in [1.165, 1.54) is 0 Å².